The number of allylic oxidation sites excluding steroid dienone is 1. The zero-order valence-electron chi connectivity index (χ0n) is 27.3. The molecule has 252 valence electrons. The number of nitrogens with one attached hydrogen (secondary N) is 4. The normalized spacial score (nSPS) is 16.9. The molecule has 0 unspecified atom stereocenters. The van der Waals surface area contributed by atoms with Gasteiger partial charge in [-0.3, -0.25) is 19.7 Å². The van der Waals surface area contributed by atoms with Gasteiger partial charge in [0.2, 0.25) is 5.91 Å². The molecule has 0 radical (unpaired) electrons. The maximum Gasteiger partial charge on any atom is 0.326 e. The van der Waals surface area contributed by atoms with Crippen molar-refractivity contribution in [3.05, 3.63) is 88.0 Å². The smallest absolute Gasteiger partial charge is 0.326 e. The van der Waals surface area contributed by atoms with E-state index < -0.39 is 23.3 Å². The lowest BCUT2D eigenvalue weighted by molar-refractivity contribution is -0.139. The molecule has 1 aromatic carbocycles. The molecular weight excluding hydrogens is 630 g/mol. The number of aliphatic carboxylic acids is 1. The summed E-state index contributed by atoms with van der Waals surface area (Å²) in [4.78, 5) is 48.0. The van der Waals surface area contributed by atoms with Gasteiger partial charge in [0.15, 0.2) is 0 Å². The summed E-state index contributed by atoms with van der Waals surface area (Å²) in [6.07, 6.45) is 17.1. The van der Waals surface area contributed by atoms with Gasteiger partial charge >= 0.3 is 5.97 Å². The van der Waals surface area contributed by atoms with Crippen LogP contribution in [0.2, 0.25) is 0 Å². The van der Waals surface area contributed by atoms with E-state index in [1.807, 2.05) is 32.2 Å². The van der Waals surface area contributed by atoms with E-state index in [1.165, 1.54) is 31.9 Å². The van der Waals surface area contributed by atoms with Gasteiger partial charge in [0.05, 0.1) is 22.7 Å². The van der Waals surface area contributed by atoms with Gasteiger partial charge in [-0.1, -0.05) is 37.5 Å². The largest absolute Gasteiger partial charge is 0.480 e. The van der Waals surface area contributed by atoms with Gasteiger partial charge in [-0.2, -0.15) is 5.10 Å². The molecular formula is C36H42ClN7O4. The van der Waals surface area contributed by atoms with Crippen LogP contribution in [0.3, 0.4) is 0 Å². The summed E-state index contributed by atoms with van der Waals surface area (Å²) in [5.74, 6) is -1.22. The quantitative estimate of drug-likeness (QED) is 0.116. The third-order valence-electron chi connectivity index (χ3n) is 9.33. The van der Waals surface area contributed by atoms with E-state index in [0.29, 0.717) is 18.7 Å². The molecule has 3 aromatic heterocycles. The lowest BCUT2D eigenvalue weighted by Gasteiger charge is -2.20. The average Bonchev–Trinajstić information content (AvgIpc) is 3.75. The number of unbranched alkanes of at least 4 members (excludes halogenated alkanes) is 5. The Hall–Kier alpha value is -4.61. The van der Waals surface area contributed by atoms with Crippen LogP contribution >= 0.6 is 12.4 Å². The maximum atomic E-state index is 13.4. The number of carboxylic acids is 1. The Labute approximate surface area is 285 Å². The molecule has 48 heavy (non-hydrogen) atoms. The van der Waals surface area contributed by atoms with Gasteiger partial charge < -0.3 is 21.1 Å². The van der Waals surface area contributed by atoms with Gasteiger partial charge in [-0.15, -0.1) is 12.4 Å². The summed E-state index contributed by atoms with van der Waals surface area (Å²) in [6.45, 7) is 2.99. The summed E-state index contributed by atoms with van der Waals surface area (Å²) in [6, 6.07) is 6.40. The predicted molar refractivity (Wildman–Crippen MR) is 188 cm³/mol. The van der Waals surface area contributed by atoms with Crippen LogP contribution < -0.4 is 16.0 Å². The molecule has 5 N–H and O–H groups in total. The van der Waals surface area contributed by atoms with Crippen LogP contribution in [0.4, 0.5) is 5.82 Å². The van der Waals surface area contributed by atoms with E-state index in [4.69, 9.17) is 0 Å². The Balaban J connectivity index is 0.00000451. The number of carbonyl (C=O) groups is 3. The molecule has 12 heteroatoms. The van der Waals surface area contributed by atoms with Crippen molar-refractivity contribution in [1.29, 1.82) is 0 Å². The number of nitrogens with zero attached hydrogens (tertiary/aromatic N) is 3. The summed E-state index contributed by atoms with van der Waals surface area (Å²) >= 11 is 0. The number of hydrogen-bond acceptors (Lipinski definition) is 7. The lowest BCUT2D eigenvalue weighted by Crippen LogP contribution is -2.42. The average molecular weight is 672 g/mol. The van der Waals surface area contributed by atoms with Crippen LogP contribution in [0.5, 0.6) is 0 Å². The van der Waals surface area contributed by atoms with E-state index in [-0.39, 0.29) is 30.3 Å². The number of aromatic amines is 1. The Morgan fingerprint density at radius 1 is 1.04 bits per heavy atom. The Kier molecular flexibility index (Phi) is 10.9. The number of rotatable bonds is 14. The zero-order chi connectivity index (χ0) is 33.0. The number of carbonyl (C=O) groups excluding carboxylic acids is 2. The fourth-order valence-electron chi connectivity index (χ4n) is 6.81. The van der Waals surface area contributed by atoms with Gasteiger partial charge in [-0.25, -0.2) is 9.78 Å². The Bertz CT molecular complexity index is 1860. The van der Waals surface area contributed by atoms with Crippen LogP contribution in [-0.4, -0.2) is 62.7 Å². The van der Waals surface area contributed by atoms with E-state index in [9.17, 15) is 19.5 Å². The van der Waals surface area contributed by atoms with E-state index >= 15 is 0 Å². The highest BCUT2D eigenvalue weighted by atomic mass is 35.5. The van der Waals surface area contributed by atoms with Crippen molar-refractivity contribution < 1.29 is 19.5 Å². The fraction of sp³-hybridized carbons (Fsp3) is 0.389. The highest BCUT2D eigenvalue weighted by Gasteiger charge is 2.52. The van der Waals surface area contributed by atoms with Crippen LogP contribution in [0.15, 0.2) is 48.9 Å². The summed E-state index contributed by atoms with van der Waals surface area (Å²) in [7, 11) is 1.99. The van der Waals surface area contributed by atoms with Crippen molar-refractivity contribution in [3.8, 4) is 0 Å². The fourth-order valence-corrected chi connectivity index (χ4v) is 6.81. The molecule has 0 saturated heterocycles. The predicted octanol–water partition coefficient (Wildman–Crippen LogP) is 5.07. The number of benzene rings is 1. The van der Waals surface area contributed by atoms with Crippen molar-refractivity contribution in [2.75, 3.05) is 18.9 Å². The van der Waals surface area contributed by atoms with Crippen molar-refractivity contribution in [3.63, 3.8) is 0 Å². The molecule has 1 aliphatic heterocycles. The minimum Gasteiger partial charge on any atom is -0.480 e. The number of carboxylic acid groups (broad SMARTS) is 1. The number of aryl methyl sites for hydroxylation is 1. The third-order valence-corrected chi connectivity index (χ3v) is 9.33. The second-order valence-electron chi connectivity index (χ2n) is 12.8. The molecule has 1 spiro atoms. The minimum atomic E-state index is -1.14. The van der Waals surface area contributed by atoms with Crippen molar-refractivity contribution in [2.24, 2.45) is 0 Å². The van der Waals surface area contributed by atoms with Gasteiger partial charge in [0.25, 0.3) is 5.91 Å². The van der Waals surface area contributed by atoms with Crippen LogP contribution in [0.25, 0.3) is 17.0 Å². The molecule has 0 saturated carbocycles. The first-order valence-electron chi connectivity index (χ1n) is 16.3. The lowest BCUT2D eigenvalue weighted by atomic mass is 9.79. The van der Waals surface area contributed by atoms with Crippen LogP contribution in [0.1, 0.15) is 82.4 Å². The number of aromatic nitrogens is 4. The van der Waals surface area contributed by atoms with Gasteiger partial charge in [0, 0.05) is 41.9 Å². The van der Waals surface area contributed by atoms with Crippen molar-refractivity contribution in [1.82, 2.24) is 30.8 Å². The van der Waals surface area contributed by atoms with Crippen LogP contribution in [-0.2, 0) is 34.3 Å². The van der Waals surface area contributed by atoms with Crippen molar-refractivity contribution in [2.45, 2.75) is 76.2 Å². The number of fused-ring (bicyclic) bond motifs is 4. The van der Waals surface area contributed by atoms with E-state index in [0.717, 1.165) is 63.8 Å². The molecule has 2 atom stereocenters. The zero-order valence-corrected chi connectivity index (χ0v) is 28.1. The van der Waals surface area contributed by atoms with Gasteiger partial charge in [0.1, 0.15) is 11.9 Å². The summed E-state index contributed by atoms with van der Waals surface area (Å²) in [5, 5.41) is 26.6. The SMILES string of the molecule is CNCCCCCCC/C=C/c1cnc2c(c1)[C@@]1(Cc3cc(C(=O)N[C@H](Cc4cc(C)c5[nH]ncc5c4)C(=O)O)cnc3C1)C(=O)N2.Cl. The Morgan fingerprint density at radius 2 is 1.85 bits per heavy atom. The number of anilines is 1. The standard InChI is InChI=1S/C36H41N7O4.ClH/c1-22-12-24(13-26-21-40-43-31(22)26)15-29(34(45)46)41-33(44)27-16-25-17-36(18-30(25)38-20-27)28-14-23(19-39-32(28)42-35(36)47)10-8-6-4-3-5-7-9-11-37-2;/h8,10,12-14,16,19-21,29,37H,3-7,9,11,15,17-18H2,1-2H3,(H,40,43)(H,41,44)(H,45,46)(H,39,42,47);1H/b10-8+;/t29-,36+;/m1./s1. The number of halogens is 1. The van der Waals surface area contributed by atoms with Crippen LogP contribution in [0, 0.1) is 6.92 Å². The molecule has 11 nitrogen and oxygen atoms in total. The molecule has 2 amide bonds. The molecule has 0 bridgehead atoms. The molecule has 6 rings (SSSR count). The summed E-state index contributed by atoms with van der Waals surface area (Å²) < 4.78 is 0. The molecule has 1 aliphatic carbocycles. The summed E-state index contributed by atoms with van der Waals surface area (Å²) in [5.41, 5.74) is 5.35. The first-order valence-corrected chi connectivity index (χ1v) is 16.3. The molecule has 2 aliphatic rings. The van der Waals surface area contributed by atoms with Crippen molar-refractivity contribution >= 4 is 53.0 Å². The Morgan fingerprint density at radius 3 is 2.67 bits per heavy atom. The number of amides is 2. The number of hydrogen-bond donors (Lipinski definition) is 5. The number of pyridine rings is 2. The molecule has 4 aromatic rings. The molecule has 0 fully saturated rings. The first-order chi connectivity index (χ1) is 22.8. The second-order valence-corrected chi connectivity index (χ2v) is 12.8. The van der Waals surface area contributed by atoms with Gasteiger partial charge in [-0.05, 0) is 86.7 Å². The maximum absolute atomic E-state index is 13.4. The topological polar surface area (TPSA) is 162 Å². The van der Waals surface area contributed by atoms with E-state index in [2.05, 4.69) is 48.3 Å². The highest BCUT2D eigenvalue weighted by Crippen LogP contribution is 2.46. The highest BCUT2D eigenvalue weighted by molar-refractivity contribution is 6.06. The second kappa shape index (κ2) is 15.1. The van der Waals surface area contributed by atoms with E-state index in [1.54, 1.807) is 18.5 Å². The number of H-pyrrole nitrogens is 1. The monoisotopic (exact) mass is 671 g/mol. The third kappa shape index (κ3) is 7.27. The minimum absolute atomic E-state index is 0. The first kappa shape index (κ1) is 34.7. The molecule has 4 heterocycles.